The number of fused-ring (bicyclic) bond motifs is 2. The van der Waals surface area contributed by atoms with Crippen molar-refractivity contribution >= 4 is 33.7 Å². The smallest absolute Gasteiger partial charge is 0.328 e. The van der Waals surface area contributed by atoms with Crippen molar-refractivity contribution < 1.29 is 33.3 Å². The molecule has 0 fully saturated rings. The molecular formula is C32H31N3O7. The molecule has 10 heteroatoms. The maximum Gasteiger partial charge on any atom is 0.328 e. The van der Waals surface area contributed by atoms with Gasteiger partial charge in [-0.2, -0.15) is 0 Å². The highest BCUT2D eigenvalue weighted by Gasteiger charge is 2.26. The van der Waals surface area contributed by atoms with Crippen molar-refractivity contribution in [2.24, 2.45) is 0 Å². The molecule has 0 saturated heterocycles. The van der Waals surface area contributed by atoms with Crippen molar-refractivity contribution in [3.63, 3.8) is 0 Å². The van der Waals surface area contributed by atoms with Gasteiger partial charge in [-0.05, 0) is 48.0 Å². The van der Waals surface area contributed by atoms with Crippen LogP contribution in [0.5, 0.6) is 23.0 Å². The molecular weight excluding hydrogens is 538 g/mol. The van der Waals surface area contributed by atoms with E-state index in [1.54, 1.807) is 43.5 Å². The average molecular weight is 570 g/mol. The second-order valence-corrected chi connectivity index (χ2v) is 9.46. The number of hydrogen-bond acceptors (Lipinski definition) is 8. The van der Waals surface area contributed by atoms with E-state index in [9.17, 15) is 9.59 Å². The molecule has 5 rings (SSSR count). The Hall–Kier alpha value is -5.25. The third-order valence-electron chi connectivity index (χ3n) is 7.11. The molecule has 10 nitrogen and oxygen atoms in total. The summed E-state index contributed by atoms with van der Waals surface area (Å²) < 4.78 is 27.0. The number of carbonyl (C=O) groups is 2. The Bertz CT molecular complexity index is 1750. The molecule has 0 radical (unpaired) electrons. The zero-order chi connectivity index (χ0) is 29.8. The summed E-state index contributed by atoms with van der Waals surface area (Å²) in [4.78, 5) is 34.8. The van der Waals surface area contributed by atoms with Crippen LogP contribution in [0.15, 0.2) is 66.9 Å². The lowest BCUT2D eigenvalue weighted by Gasteiger charge is -2.18. The van der Waals surface area contributed by atoms with E-state index >= 15 is 0 Å². The fourth-order valence-electron chi connectivity index (χ4n) is 4.99. The Balaban J connectivity index is 1.59. The quantitative estimate of drug-likeness (QED) is 0.227. The van der Waals surface area contributed by atoms with E-state index in [1.165, 1.54) is 28.4 Å². The third-order valence-corrected chi connectivity index (χ3v) is 7.11. The van der Waals surface area contributed by atoms with Crippen LogP contribution in [0.2, 0.25) is 0 Å². The molecule has 2 N–H and O–H groups in total. The maximum atomic E-state index is 13.9. The Morgan fingerprint density at radius 1 is 0.857 bits per heavy atom. The van der Waals surface area contributed by atoms with Gasteiger partial charge >= 0.3 is 5.97 Å². The molecule has 0 spiro atoms. The van der Waals surface area contributed by atoms with Crippen LogP contribution in [0.3, 0.4) is 0 Å². The number of para-hydroxylation sites is 1. The van der Waals surface area contributed by atoms with Gasteiger partial charge in [0, 0.05) is 34.5 Å². The van der Waals surface area contributed by atoms with Crippen LogP contribution in [-0.4, -0.2) is 63.4 Å². The molecule has 0 aliphatic heterocycles. The molecule has 0 bridgehead atoms. The van der Waals surface area contributed by atoms with Crippen molar-refractivity contribution in [2.45, 2.75) is 12.5 Å². The number of nitrogens with one attached hydrogen (secondary N) is 2. The third kappa shape index (κ3) is 5.38. The highest BCUT2D eigenvalue weighted by molar-refractivity contribution is 6.08. The van der Waals surface area contributed by atoms with Crippen LogP contribution in [0.4, 0.5) is 0 Å². The first kappa shape index (κ1) is 28.3. The normalized spacial score (nSPS) is 11.6. The van der Waals surface area contributed by atoms with Gasteiger partial charge in [-0.1, -0.05) is 18.2 Å². The first-order valence-electron chi connectivity index (χ1n) is 13.1. The molecule has 2 heterocycles. The van der Waals surface area contributed by atoms with Gasteiger partial charge in [0.2, 0.25) is 5.75 Å². The minimum absolute atomic E-state index is 0.231. The van der Waals surface area contributed by atoms with Crippen LogP contribution in [0.1, 0.15) is 15.9 Å². The summed E-state index contributed by atoms with van der Waals surface area (Å²) in [6.45, 7) is 0. The molecule has 3 aromatic carbocycles. The first-order valence-corrected chi connectivity index (χ1v) is 13.1. The Kier molecular flexibility index (Phi) is 8.14. The van der Waals surface area contributed by atoms with Gasteiger partial charge in [0.05, 0.1) is 52.3 Å². The van der Waals surface area contributed by atoms with Crippen LogP contribution in [0.25, 0.3) is 33.1 Å². The van der Waals surface area contributed by atoms with E-state index in [0.717, 1.165) is 16.5 Å². The van der Waals surface area contributed by atoms with E-state index < -0.39 is 17.9 Å². The number of H-pyrrole nitrogens is 1. The summed E-state index contributed by atoms with van der Waals surface area (Å²) in [6, 6.07) is 17.3. The average Bonchev–Trinajstić information content (AvgIpc) is 3.44. The zero-order valence-corrected chi connectivity index (χ0v) is 23.9. The van der Waals surface area contributed by atoms with Crippen molar-refractivity contribution in [3.8, 4) is 34.3 Å². The highest BCUT2D eigenvalue weighted by atomic mass is 16.5. The predicted molar refractivity (Wildman–Crippen MR) is 159 cm³/mol. The number of hydrogen-bond donors (Lipinski definition) is 2. The second-order valence-electron chi connectivity index (χ2n) is 9.46. The van der Waals surface area contributed by atoms with Gasteiger partial charge in [0.25, 0.3) is 5.91 Å². The van der Waals surface area contributed by atoms with E-state index in [1.807, 2.05) is 30.5 Å². The summed E-state index contributed by atoms with van der Waals surface area (Å²) in [5.41, 5.74) is 3.79. The van der Waals surface area contributed by atoms with E-state index in [-0.39, 0.29) is 6.42 Å². The van der Waals surface area contributed by atoms with Gasteiger partial charge in [-0.25, -0.2) is 9.78 Å². The summed E-state index contributed by atoms with van der Waals surface area (Å²) in [7, 11) is 7.43. The van der Waals surface area contributed by atoms with E-state index in [0.29, 0.717) is 50.7 Å². The summed E-state index contributed by atoms with van der Waals surface area (Å²) >= 11 is 0. The number of ether oxygens (including phenoxy) is 5. The standard InChI is InChI=1S/C32H31N3O7/c1-38-20-10-11-25-22(15-20)23(16-26(34-25)18-13-28(39-2)30(41-4)29(14-18)40-3)31(36)35-27(32(37)42-5)12-19-17-33-24-9-7-6-8-21(19)24/h6-11,13-17,27,33H,12H2,1-5H3,(H,35,36). The number of rotatable bonds is 10. The topological polar surface area (TPSA) is 121 Å². The SMILES string of the molecule is COC(=O)C(Cc1c[nH]c2ccccc12)NC(=O)c1cc(-c2cc(OC)c(OC)c(OC)c2)nc2ccc(OC)cc12. The molecule has 0 saturated carbocycles. The van der Waals surface area contributed by atoms with Gasteiger partial charge in [0.15, 0.2) is 11.5 Å². The minimum atomic E-state index is -0.944. The molecule has 0 aliphatic rings. The number of aromatic amines is 1. The lowest BCUT2D eigenvalue weighted by atomic mass is 10.0. The Labute approximate surface area is 242 Å². The zero-order valence-electron chi connectivity index (χ0n) is 23.9. The van der Waals surface area contributed by atoms with Crippen molar-refractivity contribution in [2.75, 3.05) is 35.5 Å². The Morgan fingerprint density at radius 2 is 1.60 bits per heavy atom. The number of pyridine rings is 1. The summed E-state index contributed by atoms with van der Waals surface area (Å²) in [5.74, 6) is 0.847. The maximum absolute atomic E-state index is 13.9. The molecule has 1 atom stereocenters. The van der Waals surface area contributed by atoms with E-state index in [4.69, 9.17) is 28.7 Å². The van der Waals surface area contributed by atoms with Crippen LogP contribution >= 0.6 is 0 Å². The molecule has 216 valence electrons. The van der Waals surface area contributed by atoms with Gasteiger partial charge < -0.3 is 34.0 Å². The van der Waals surface area contributed by atoms with Crippen molar-refractivity contribution in [3.05, 3.63) is 78.0 Å². The molecule has 42 heavy (non-hydrogen) atoms. The van der Waals surface area contributed by atoms with E-state index in [2.05, 4.69) is 10.3 Å². The van der Waals surface area contributed by atoms with Gasteiger partial charge in [-0.15, -0.1) is 0 Å². The molecule has 1 amide bonds. The van der Waals surface area contributed by atoms with Crippen molar-refractivity contribution in [1.29, 1.82) is 0 Å². The number of benzene rings is 3. The molecule has 0 aliphatic carbocycles. The summed E-state index contributed by atoms with van der Waals surface area (Å²) in [6.07, 6.45) is 2.07. The van der Waals surface area contributed by atoms with Crippen molar-refractivity contribution in [1.82, 2.24) is 15.3 Å². The number of nitrogens with zero attached hydrogens (tertiary/aromatic N) is 1. The second kappa shape index (κ2) is 12.1. The van der Waals surface area contributed by atoms with Crippen LogP contribution < -0.4 is 24.3 Å². The number of methoxy groups -OCH3 is 5. The number of amides is 1. The lowest BCUT2D eigenvalue weighted by molar-refractivity contribution is -0.142. The fraction of sp³-hybridized carbons (Fsp3) is 0.219. The summed E-state index contributed by atoms with van der Waals surface area (Å²) in [5, 5.41) is 4.41. The lowest BCUT2D eigenvalue weighted by Crippen LogP contribution is -2.43. The monoisotopic (exact) mass is 569 g/mol. The Morgan fingerprint density at radius 3 is 2.26 bits per heavy atom. The molecule has 1 unspecified atom stereocenters. The van der Waals surface area contributed by atoms with Gasteiger partial charge in [0.1, 0.15) is 11.8 Å². The number of aromatic nitrogens is 2. The van der Waals surface area contributed by atoms with Crippen LogP contribution in [0, 0.1) is 0 Å². The predicted octanol–water partition coefficient (Wildman–Crippen LogP) is 4.93. The number of esters is 1. The largest absolute Gasteiger partial charge is 0.497 e. The highest BCUT2D eigenvalue weighted by Crippen LogP contribution is 2.41. The molecule has 5 aromatic rings. The minimum Gasteiger partial charge on any atom is -0.497 e. The molecule has 2 aromatic heterocycles. The first-order chi connectivity index (χ1) is 20.4. The number of carbonyl (C=O) groups excluding carboxylic acids is 2. The van der Waals surface area contributed by atoms with Gasteiger partial charge in [-0.3, -0.25) is 4.79 Å². The van der Waals surface area contributed by atoms with Crippen LogP contribution in [-0.2, 0) is 16.0 Å². The fourth-order valence-corrected chi connectivity index (χ4v) is 4.99.